The average Bonchev–Trinajstić information content (AvgIpc) is 2.87. The Labute approximate surface area is 155 Å². The number of aliphatic carboxylic acids is 1. The molecule has 1 atom stereocenters. The molecule has 2 aromatic carbocycles. The zero-order valence-electron chi connectivity index (χ0n) is 14.4. The number of benzene rings is 2. The largest absolute Gasteiger partial charge is 0.508 e. The fraction of sp³-hybridized carbons (Fsp3) is 0.200. The second-order valence-corrected chi connectivity index (χ2v) is 6.58. The lowest BCUT2D eigenvalue weighted by atomic mass is 9.94. The van der Waals surface area contributed by atoms with E-state index in [0.29, 0.717) is 39.2 Å². The zero-order chi connectivity index (χ0) is 19.0. The van der Waals surface area contributed by atoms with Gasteiger partial charge in [-0.3, -0.25) is 14.2 Å². The van der Waals surface area contributed by atoms with Crippen LogP contribution in [0, 0.1) is 6.92 Å². The summed E-state index contributed by atoms with van der Waals surface area (Å²) in [7, 11) is 0. The predicted molar refractivity (Wildman–Crippen MR) is 100 cm³/mol. The first-order valence-electron chi connectivity index (χ1n) is 8.22. The van der Waals surface area contributed by atoms with Crippen LogP contribution in [0.3, 0.4) is 0 Å². The number of aromatic nitrogens is 1. The van der Waals surface area contributed by atoms with Gasteiger partial charge in [0.25, 0.3) is 5.91 Å². The minimum atomic E-state index is -0.961. The number of halogens is 1. The van der Waals surface area contributed by atoms with E-state index in [1.54, 1.807) is 44.2 Å². The van der Waals surface area contributed by atoms with Gasteiger partial charge in [0.05, 0.1) is 11.4 Å². The van der Waals surface area contributed by atoms with E-state index < -0.39 is 11.9 Å². The molecule has 0 spiro atoms. The number of hydrogen-bond acceptors (Lipinski definition) is 3. The zero-order valence-corrected chi connectivity index (χ0v) is 15.1. The Morgan fingerprint density at radius 2 is 1.81 bits per heavy atom. The van der Waals surface area contributed by atoms with Crippen molar-refractivity contribution < 1.29 is 19.8 Å². The highest BCUT2D eigenvalue weighted by Crippen LogP contribution is 2.36. The van der Waals surface area contributed by atoms with E-state index in [4.69, 9.17) is 11.6 Å². The molecule has 1 aromatic heterocycles. The second-order valence-electron chi connectivity index (χ2n) is 6.15. The van der Waals surface area contributed by atoms with E-state index in [1.807, 2.05) is 0 Å². The lowest BCUT2D eigenvalue weighted by molar-refractivity contribution is -0.138. The van der Waals surface area contributed by atoms with Gasteiger partial charge in [-0.05, 0) is 61.4 Å². The van der Waals surface area contributed by atoms with Crippen molar-refractivity contribution in [2.24, 2.45) is 0 Å². The molecule has 26 heavy (non-hydrogen) atoms. The molecular formula is C20H18ClNO4. The lowest BCUT2D eigenvalue weighted by Crippen LogP contribution is -2.16. The normalized spacial score (nSPS) is 12.3. The van der Waals surface area contributed by atoms with Gasteiger partial charge < -0.3 is 10.2 Å². The molecule has 0 aliphatic heterocycles. The minimum absolute atomic E-state index is 0.0232. The molecule has 2 N–H and O–H groups in total. The number of rotatable bonds is 4. The number of hydrogen-bond donors (Lipinski definition) is 2. The van der Waals surface area contributed by atoms with E-state index in [1.165, 1.54) is 16.7 Å². The lowest BCUT2D eigenvalue weighted by Gasteiger charge is -2.12. The second kappa shape index (κ2) is 6.84. The number of phenols is 1. The van der Waals surface area contributed by atoms with Crippen molar-refractivity contribution in [2.45, 2.75) is 26.2 Å². The molecule has 0 saturated carbocycles. The van der Waals surface area contributed by atoms with Crippen molar-refractivity contribution in [3.05, 3.63) is 64.3 Å². The topological polar surface area (TPSA) is 79.5 Å². The quantitative estimate of drug-likeness (QED) is 0.703. The van der Waals surface area contributed by atoms with Gasteiger partial charge in [-0.25, -0.2) is 0 Å². The summed E-state index contributed by atoms with van der Waals surface area (Å²) in [5.41, 5.74) is 2.11. The highest BCUT2D eigenvalue weighted by Gasteiger charge is 2.28. The average molecular weight is 372 g/mol. The molecule has 0 unspecified atom stereocenters. The van der Waals surface area contributed by atoms with Crippen LogP contribution in [0.5, 0.6) is 5.75 Å². The van der Waals surface area contributed by atoms with Crippen molar-refractivity contribution in [1.29, 1.82) is 0 Å². The number of carbonyl (C=O) groups is 2. The van der Waals surface area contributed by atoms with E-state index in [2.05, 4.69) is 0 Å². The van der Waals surface area contributed by atoms with Gasteiger partial charge in [0.1, 0.15) is 5.75 Å². The standard InChI is InChI=1S/C20H18ClNO4/c1-3-15(20(25)26)18-11(2)22(17-9-8-14(23)10-16(17)18)19(24)12-4-6-13(21)7-5-12/h4-10,15,23H,3H2,1-2H3,(H,25,26)/t15-/m1/s1. The summed E-state index contributed by atoms with van der Waals surface area (Å²) >= 11 is 5.89. The van der Waals surface area contributed by atoms with Crippen LogP contribution in [0.4, 0.5) is 0 Å². The molecule has 0 fully saturated rings. The summed E-state index contributed by atoms with van der Waals surface area (Å²) in [4.78, 5) is 24.8. The summed E-state index contributed by atoms with van der Waals surface area (Å²) in [5.74, 6) is -1.98. The number of fused-ring (bicyclic) bond motifs is 1. The molecule has 0 bridgehead atoms. The van der Waals surface area contributed by atoms with Gasteiger partial charge in [0, 0.05) is 21.7 Å². The minimum Gasteiger partial charge on any atom is -0.508 e. The van der Waals surface area contributed by atoms with Crippen molar-refractivity contribution in [1.82, 2.24) is 4.57 Å². The number of aromatic hydroxyl groups is 1. The number of carboxylic acid groups (broad SMARTS) is 1. The van der Waals surface area contributed by atoms with Crippen molar-refractivity contribution in [2.75, 3.05) is 0 Å². The fourth-order valence-electron chi connectivity index (χ4n) is 3.36. The molecule has 0 saturated heterocycles. The maximum atomic E-state index is 13.1. The Balaban J connectivity index is 2.29. The number of nitrogens with zero attached hydrogens (tertiary/aromatic N) is 1. The van der Waals surface area contributed by atoms with Gasteiger partial charge >= 0.3 is 5.97 Å². The third-order valence-electron chi connectivity index (χ3n) is 4.59. The highest BCUT2D eigenvalue weighted by molar-refractivity contribution is 6.30. The predicted octanol–water partition coefficient (Wildman–Crippen LogP) is 4.58. The van der Waals surface area contributed by atoms with Gasteiger partial charge in [-0.15, -0.1) is 0 Å². The SMILES string of the molecule is CC[C@@H](C(=O)O)c1c(C)n(C(=O)c2ccc(Cl)cc2)c2ccc(O)cc12. The number of phenolic OH excluding ortho intramolecular Hbond substituents is 1. The van der Waals surface area contributed by atoms with Crippen molar-refractivity contribution >= 4 is 34.4 Å². The molecule has 134 valence electrons. The maximum absolute atomic E-state index is 13.1. The molecule has 1 heterocycles. The van der Waals surface area contributed by atoms with Gasteiger partial charge in [0.15, 0.2) is 0 Å². The van der Waals surface area contributed by atoms with Crippen LogP contribution in [0.1, 0.15) is 40.9 Å². The van der Waals surface area contributed by atoms with Gasteiger partial charge in [-0.2, -0.15) is 0 Å². The molecule has 5 nitrogen and oxygen atoms in total. The van der Waals surface area contributed by atoms with E-state index >= 15 is 0 Å². The monoisotopic (exact) mass is 371 g/mol. The smallest absolute Gasteiger partial charge is 0.311 e. The van der Waals surface area contributed by atoms with Crippen LogP contribution >= 0.6 is 11.6 Å². The Morgan fingerprint density at radius 1 is 1.15 bits per heavy atom. The summed E-state index contributed by atoms with van der Waals surface area (Å²) in [5, 5.41) is 20.6. The Hall–Kier alpha value is -2.79. The fourth-order valence-corrected chi connectivity index (χ4v) is 3.48. The first-order chi connectivity index (χ1) is 12.3. The Morgan fingerprint density at radius 3 is 2.38 bits per heavy atom. The summed E-state index contributed by atoms with van der Waals surface area (Å²) in [6.07, 6.45) is 0.375. The number of carboxylic acids is 1. The van der Waals surface area contributed by atoms with E-state index in [9.17, 15) is 19.8 Å². The first-order valence-corrected chi connectivity index (χ1v) is 8.60. The van der Waals surface area contributed by atoms with Gasteiger partial charge in [0.2, 0.25) is 0 Å². The first kappa shape index (κ1) is 18.0. The van der Waals surface area contributed by atoms with Crippen LogP contribution in [-0.2, 0) is 4.79 Å². The van der Waals surface area contributed by atoms with E-state index in [0.717, 1.165) is 0 Å². The van der Waals surface area contributed by atoms with E-state index in [-0.39, 0.29) is 11.7 Å². The molecular weight excluding hydrogens is 354 g/mol. The summed E-state index contributed by atoms with van der Waals surface area (Å²) in [6.45, 7) is 3.51. The Kier molecular flexibility index (Phi) is 4.74. The molecule has 0 aliphatic carbocycles. The number of carbonyl (C=O) groups excluding carboxylic acids is 1. The van der Waals surface area contributed by atoms with Gasteiger partial charge in [-0.1, -0.05) is 18.5 Å². The highest BCUT2D eigenvalue weighted by atomic mass is 35.5. The van der Waals surface area contributed by atoms with Crippen LogP contribution < -0.4 is 0 Å². The molecule has 6 heteroatoms. The van der Waals surface area contributed by atoms with Crippen LogP contribution in [0.15, 0.2) is 42.5 Å². The Bertz CT molecular complexity index is 1000. The van der Waals surface area contributed by atoms with Crippen LogP contribution in [0.2, 0.25) is 5.02 Å². The molecule has 3 aromatic rings. The van der Waals surface area contributed by atoms with Crippen LogP contribution in [0.25, 0.3) is 10.9 Å². The third kappa shape index (κ3) is 2.95. The molecule has 0 amide bonds. The third-order valence-corrected chi connectivity index (χ3v) is 4.84. The molecule has 0 radical (unpaired) electrons. The van der Waals surface area contributed by atoms with Crippen molar-refractivity contribution in [3.8, 4) is 5.75 Å². The molecule has 0 aliphatic rings. The van der Waals surface area contributed by atoms with Crippen LogP contribution in [-0.4, -0.2) is 26.7 Å². The summed E-state index contributed by atoms with van der Waals surface area (Å²) < 4.78 is 1.50. The van der Waals surface area contributed by atoms with Crippen molar-refractivity contribution in [3.63, 3.8) is 0 Å². The maximum Gasteiger partial charge on any atom is 0.311 e. The summed E-state index contributed by atoms with van der Waals surface area (Å²) in [6, 6.07) is 11.1. The molecule has 3 rings (SSSR count).